The Morgan fingerprint density at radius 3 is 2.54 bits per heavy atom. The maximum Gasteiger partial charge on any atom is 0.573 e. The number of piperazine rings is 1. The molecule has 3 fully saturated rings. The summed E-state index contributed by atoms with van der Waals surface area (Å²) in [7, 11) is 0. The highest BCUT2D eigenvalue weighted by molar-refractivity contribution is 6.32. The third kappa shape index (κ3) is 6.69. The standard InChI is InChI=1S/C25H32ClF3N4O6/c1-15-22(37)33(17(14-34)3-5-21(36)31-9-8-24(6-7-24)20(35)13-31)11-10-32(15)23(38)30-16-2-4-19(18(26)12-16)39-25(27,28)29/h2,4,12,15,17,20,34-35H,3,5-11,13-14H2,1H3,(H,30,38)/t15-,17-,20+/m0/s1. The van der Waals surface area contributed by atoms with E-state index in [-0.39, 0.29) is 54.6 Å². The van der Waals surface area contributed by atoms with Crippen molar-refractivity contribution in [2.24, 2.45) is 5.41 Å². The zero-order chi connectivity index (χ0) is 28.5. The van der Waals surface area contributed by atoms with Crippen molar-refractivity contribution in [1.29, 1.82) is 0 Å². The van der Waals surface area contributed by atoms with Crippen LogP contribution in [0.2, 0.25) is 5.02 Å². The monoisotopic (exact) mass is 576 g/mol. The number of nitrogens with zero attached hydrogens (tertiary/aromatic N) is 3. The van der Waals surface area contributed by atoms with Crippen LogP contribution in [-0.2, 0) is 9.59 Å². The van der Waals surface area contributed by atoms with Crippen molar-refractivity contribution >= 4 is 35.1 Å². The molecule has 1 saturated carbocycles. The summed E-state index contributed by atoms with van der Waals surface area (Å²) < 4.78 is 41.1. The van der Waals surface area contributed by atoms with Crippen molar-refractivity contribution in [2.75, 3.05) is 38.1 Å². The van der Waals surface area contributed by atoms with Crippen molar-refractivity contribution < 1.29 is 42.5 Å². The summed E-state index contributed by atoms with van der Waals surface area (Å²) in [5, 5.41) is 22.5. The third-order valence-corrected chi connectivity index (χ3v) is 8.22. The van der Waals surface area contributed by atoms with Crippen molar-refractivity contribution in [2.45, 2.75) is 63.6 Å². The van der Waals surface area contributed by atoms with Crippen LogP contribution in [0.1, 0.15) is 39.0 Å². The highest BCUT2D eigenvalue weighted by Crippen LogP contribution is 2.53. The zero-order valence-electron chi connectivity index (χ0n) is 21.4. The fourth-order valence-electron chi connectivity index (χ4n) is 5.30. The number of halogens is 4. The molecule has 3 N–H and O–H groups in total. The fourth-order valence-corrected chi connectivity index (χ4v) is 5.52. The molecule has 0 aromatic heterocycles. The molecule has 1 aliphatic carbocycles. The summed E-state index contributed by atoms with van der Waals surface area (Å²) in [6.07, 6.45) is -2.33. The molecule has 1 aromatic rings. The van der Waals surface area contributed by atoms with Gasteiger partial charge < -0.3 is 35.0 Å². The number of benzene rings is 1. The van der Waals surface area contributed by atoms with Gasteiger partial charge in [0.1, 0.15) is 11.8 Å². The van der Waals surface area contributed by atoms with Gasteiger partial charge in [-0.15, -0.1) is 13.2 Å². The van der Waals surface area contributed by atoms with Gasteiger partial charge in [0, 0.05) is 38.3 Å². The normalized spacial score (nSPS) is 23.6. The molecule has 216 valence electrons. The lowest BCUT2D eigenvalue weighted by molar-refractivity contribution is -0.274. The summed E-state index contributed by atoms with van der Waals surface area (Å²) in [5.41, 5.74) is 0.0969. The second-order valence-electron chi connectivity index (χ2n) is 10.4. The van der Waals surface area contributed by atoms with Crippen LogP contribution in [0.15, 0.2) is 18.2 Å². The molecule has 2 saturated heterocycles. The third-order valence-electron chi connectivity index (χ3n) is 7.93. The van der Waals surface area contributed by atoms with Gasteiger partial charge in [-0.3, -0.25) is 9.59 Å². The molecule has 0 radical (unpaired) electrons. The molecule has 3 atom stereocenters. The Bertz CT molecular complexity index is 1100. The first-order valence-corrected chi connectivity index (χ1v) is 13.2. The number of rotatable bonds is 7. The van der Waals surface area contributed by atoms with Crippen LogP contribution in [-0.4, -0.2) is 100 Å². The molecule has 1 spiro atoms. The lowest BCUT2D eigenvalue weighted by atomic mass is 9.90. The second-order valence-corrected chi connectivity index (χ2v) is 10.8. The number of anilines is 1. The van der Waals surface area contributed by atoms with E-state index in [1.807, 2.05) is 0 Å². The summed E-state index contributed by atoms with van der Waals surface area (Å²) in [5.74, 6) is -1.15. The van der Waals surface area contributed by atoms with E-state index in [1.54, 1.807) is 4.90 Å². The molecule has 1 aromatic carbocycles. The van der Waals surface area contributed by atoms with Gasteiger partial charge in [0.2, 0.25) is 11.8 Å². The lowest BCUT2D eigenvalue weighted by Crippen LogP contribution is -2.61. The summed E-state index contributed by atoms with van der Waals surface area (Å²) in [4.78, 5) is 43.1. The van der Waals surface area contributed by atoms with Gasteiger partial charge >= 0.3 is 12.4 Å². The Morgan fingerprint density at radius 2 is 1.95 bits per heavy atom. The molecule has 10 nitrogen and oxygen atoms in total. The first-order chi connectivity index (χ1) is 18.3. The van der Waals surface area contributed by atoms with Crippen LogP contribution in [0.25, 0.3) is 0 Å². The number of carbonyl (C=O) groups is 3. The number of nitrogens with one attached hydrogen (secondary N) is 1. The molecule has 39 heavy (non-hydrogen) atoms. The molecule has 0 bridgehead atoms. The maximum absolute atomic E-state index is 13.1. The second kappa shape index (κ2) is 11.4. The summed E-state index contributed by atoms with van der Waals surface area (Å²) in [6, 6.07) is 1.12. The number of hydrogen-bond acceptors (Lipinski definition) is 6. The van der Waals surface area contributed by atoms with E-state index in [0.29, 0.717) is 13.1 Å². The van der Waals surface area contributed by atoms with Crippen LogP contribution >= 0.6 is 11.6 Å². The average molecular weight is 577 g/mol. The number of ether oxygens (including phenoxy) is 1. The molecule has 4 rings (SSSR count). The number of piperidine rings is 1. The largest absolute Gasteiger partial charge is 0.573 e. The van der Waals surface area contributed by atoms with Crippen molar-refractivity contribution in [1.82, 2.24) is 14.7 Å². The number of hydrogen-bond donors (Lipinski definition) is 3. The number of β-amino-alcohol motifs (C(OH)–C–C–N with tert-alkyl or cyclic N) is 1. The van der Waals surface area contributed by atoms with E-state index < -0.39 is 42.2 Å². The minimum atomic E-state index is -4.92. The van der Waals surface area contributed by atoms with Gasteiger partial charge in [-0.2, -0.15) is 0 Å². The fraction of sp³-hybridized carbons (Fsp3) is 0.640. The van der Waals surface area contributed by atoms with Crippen LogP contribution in [0.5, 0.6) is 5.75 Å². The number of likely N-dealkylation sites (tertiary alicyclic amines) is 1. The average Bonchev–Trinajstić information content (AvgIpc) is 3.65. The quantitative estimate of drug-likeness (QED) is 0.459. The minimum absolute atomic E-state index is 0.0177. The Kier molecular flexibility index (Phi) is 8.52. The molecular formula is C25H32ClF3N4O6. The van der Waals surface area contributed by atoms with Crippen LogP contribution in [0.4, 0.5) is 23.7 Å². The smallest absolute Gasteiger partial charge is 0.404 e. The Balaban J connectivity index is 1.29. The molecule has 0 unspecified atom stereocenters. The summed E-state index contributed by atoms with van der Waals surface area (Å²) >= 11 is 5.84. The predicted molar refractivity (Wildman–Crippen MR) is 134 cm³/mol. The minimum Gasteiger partial charge on any atom is -0.404 e. The van der Waals surface area contributed by atoms with E-state index in [0.717, 1.165) is 31.4 Å². The Hall–Kier alpha value is -2.77. The van der Waals surface area contributed by atoms with Gasteiger partial charge in [-0.25, -0.2) is 4.79 Å². The van der Waals surface area contributed by atoms with Crippen molar-refractivity contribution in [3.8, 4) is 5.75 Å². The number of aliphatic hydroxyl groups is 2. The first-order valence-electron chi connectivity index (χ1n) is 12.8. The van der Waals surface area contributed by atoms with Crippen LogP contribution in [0, 0.1) is 5.41 Å². The Morgan fingerprint density at radius 1 is 1.23 bits per heavy atom. The molecule has 3 aliphatic rings. The summed E-state index contributed by atoms with van der Waals surface area (Å²) in [6.45, 7) is 2.33. The number of amides is 4. The van der Waals surface area contributed by atoms with E-state index in [4.69, 9.17) is 11.6 Å². The van der Waals surface area contributed by atoms with E-state index in [1.165, 1.54) is 22.8 Å². The lowest BCUT2D eigenvalue weighted by Gasteiger charge is -2.42. The van der Waals surface area contributed by atoms with Gasteiger partial charge in [0.25, 0.3) is 0 Å². The molecule has 2 heterocycles. The number of urea groups is 1. The van der Waals surface area contributed by atoms with Gasteiger partial charge in [0.05, 0.1) is 23.8 Å². The maximum atomic E-state index is 13.1. The van der Waals surface area contributed by atoms with Crippen LogP contribution in [0.3, 0.4) is 0 Å². The molecule has 14 heteroatoms. The number of aliphatic hydroxyl groups excluding tert-OH is 2. The first kappa shape index (κ1) is 29.2. The van der Waals surface area contributed by atoms with E-state index in [9.17, 15) is 37.8 Å². The van der Waals surface area contributed by atoms with Crippen molar-refractivity contribution in [3.05, 3.63) is 23.2 Å². The Labute approximate surface area is 228 Å². The molecule has 4 amide bonds. The molecular weight excluding hydrogens is 545 g/mol. The van der Waals surface area contributed by atoms with E-state index >= 15 is 0 Å². The predicted octanol–water partition coefficient (Wildman–Crippen LogP) is 2.82. The van der Waals surface area contributed by atoms with Gasteiger partial charge in [-0.1, -0.05) is 11.6 Å². The number of alkyl halides is 3. The van der Waals surface area contributed by atoms with Gasteiger partial charge in [-0.05, 0) is 56.2 Å². The van der Waals surface area contributed by atoms with Crippen molar-refractivity contribution in [3.63, 3.8) is 0 Å². The highest BCUT2D eigenvalue weighted by atomic mass is 35.5. The SMILES string of the molecule is C[C@H]1C(=O)N([C@H](CO)CCC(=O)N2CCC3(CC3)[C@H](O)C2)CCN1C(=O)Nc1ccc(OC(F)(F)F)c(Cl)c1. The molecule has 2 aliphatic heterocycles. The van der Waals surface area contributed by atoms with Gasteiger partial charge in [0.15, 0.2) is 0 Å². The zero-order valence-corrected chi connectivity index (χ0v) is 22.2. The van der Waals surface area contributed by atoms with E-state index in [2.05, 4.69) is 10.1 Å². The van der Waals surface area contributed by atoms with Crippen LogP contribution < -0.4 is 10.1 Å². The topological polar surface area (TPSA) is 123 Å². The highest BCUT2D eigenvalue weighted by Gasteiger charge is 2.51. The number of carbonyl (C=O) groups excluding carboxylic acids is 3.